The fraction of sp³-hybridized carbons (Fsp3) is 0.556. The van der Waals surface area contributed by atoms with E-state index in [-0.39, 0.29) is 16.7 Å². The molecule has 2 atom stereocenters. The van der Waals surface area contributed by atoms with E-state index in [2.05, 4.69) is 9.82 Å². The zero-order valence-corrected chi connectivity index (χ0v) is 12.1. The summed E-state index contributed by atoms with van der Waals surface area (Å²) in [5.74, 6) is -1.12. The van der Waals surface area contributed by atoms with Gasteiger partial charge in [0.05, 0.1) is 6.20 Å². The van der Waals surface area contributed by atoms with E-state index in [0.717, 1.165) is 17.1 Å². The molecule has 1 aromatic rings. The van der Waals surface area contributed by atoms with Crippen LogP contribution < -0.4 is 4.72 Å². The molecule has 19 heavy (non-hydrogen) atoms. The number of rotatable bonds is 7. The van der Waals surface area contributed by atoms with Crippen molar-refractivity contribution in [2.45, 2.75) is 23.6 Å². The number of carboxylic acid groups (broad SMARTS) is 1. The molecule has 10 heteroatoms. The highest BCUT2D eigenvalue weighted by molar-refractivity contribution is 7.89. The Kier molecular flexibility index (Phi) is 5.20. The lowest BCUT2D eigenvalue weighted by Crippen LogP contribution is -2.32. The van der Waals surface area contributed by atoms with Crippen LogP contribution in [0.5, 0.6) is 0 Å². The standard InChI is InChI=1S/C9H15N3O5S2/c1-7(18(2)15)3-11-19(16,17)8-4-10-12(5-8)6-9(13)14/h4-5,7,11H,3,6H2,1-2H3,(H,13,14). The largest absolute Gasteiger partial charge is 0.480 e. The smallest absolute Gasteiger partial charge is 0.325 e. The number of nitrogens with zero attached hydrogens (tertiary/aromatic N) is 2. The Balaban J connectivity index is 2.75. The molecular formula is C9H15N3O5S2. The first-order valence-electron chi connectivity index (χ1n) is 5.28. The second-order valence-electron chi connectivity index (χ2n) is 3.93. The summed E-state index contributed by atoms with van der Waals surface area (Å²) in [6.45, 7) is 1.28. The highest BCUT2D eigenvalue weighted by atomic mass is 32.2. The van der Waals surface area contributed by atoms with Crippen molar-refractivity contribution in [2.75, 3.05) is 12.8 Å². The van der Waals surface area contributed by atoms with Gasteiger partial charge in [-0.25, -0.2) is 13.1 Å². The van der Waals surface area contributed by atoms with Crippen LogP contribution in [0.15, 0.2) is 17.3 Å². The monoisotopic (exact) mass is 309 g/mol. The highest BCUT2D eigenvalue weighted by Crippen LogP contribution is 2.07. The third kappa shape index (κ3) is 4.73. The number of nitrogens with one attached hydrogen (secondary N) is 1. The fourth-order valence-electron chi connectivity index (χ4n) is 1.14. The van der Waals surface area contributed by atoms with Gasteiger partial charge in [0.25, 0.3) is 0 Å². The lowest BCUT2D eigenvalue weighted by atomic mass is 10.5. The molecule has 0 fully saturated rings. The van der Waals surface area contributed by atoms with Gasteiger partial charge in [-0.15, -0.1) is 0 Å². The topological polar surface area (TPSA) is 118 Å². The quantitative estimate of drug-likeness (QED) is 0.668. The molecule has 1 heterocycles. The zero-order chi connectivity index (χ0) is 14.6. The van der Waals surface area contributed by atoms with E-state index in [1.807, 2.05) is 0 Å². The van der Waals surface area contributed by atoms with Crippen LogP contribution in [0.1, 0.15) is 6.92 Å². The SMILES string of the molecule is CC(CNS(=O)(=O)c1cnn(CC(=O)O)c1)S(C)=O. The van der Waals surface area contributed by atoms with Crippen molar-refractivity contribution in [2.24, 2.45) is 0 Å². The maximum atomic E-state index is 11.8. The molecule has 0 aromatic carbocycles. The fourth-order valence-corrected chi connectivity index (χ4v) is 2.64. The van der Waals surface area contributed by atoms with Crippen molar-refractivity contribution in [1.29, 1.82) is 0 Å². The van der Waals surface area contributed by atoms with Crippen LogP contribution in [0.3, 0.4) is 0 Å². The normalized spacial score (nSPS) is 15.1. The number of aliphatic carboxylic acids is 1. The third-order valence-electron chi connectivity index (χ3n) is 2.34. The Morgan fingerprint density at radius 2 is 2.26 bits per heavy atom. The molecule has 0 aliphatic rings. The summed E-state index contributed by atoms with van der Waals surface area (Å²) in [6, 6.07) is 0. The van der Waals surface area contributed by atoms with Gasteiger partial charge in [-0.1, -0.05) is 0 Å². The first-order chi connectivity index (χ1) is 8.72. The summed E-state index contributed by atoms with van der Waals surface area (Å²) in [6.07, 6.45) is 3.69. The number of sulfonamides is 1. The molecule has 1 rings (SSSR count). The van der Waals surface area contributed by atoms with Gasteiger partial charge in [-0.3, -0.25) is 13.7 Å². The van der Waals surface area contributed by atoms with Crippen LogP contribution in [0.4, 0.5) is 0 Å². The summed E-state index contributed by atoms with van der Waals surface area (Å²) in [5, 5.41) is 11.9. The van der Waals surface area contributed by atoms with Crippen LogP contribution in [0, 0.1) is 0 Å². The minimum atomic E-state index is -3.76. The maximum Gasteiger partial charge on any atom is 0.325 e. The number of carbonyl (C=O) groups is 1. The predicted octanol–water partition coefficient (Wildman–Crippen LogP) is -0.987. The molecule has 108 valence electrons. The van der Waals surface area contributed by atoms with E-state index in [1.165, 1.54) is 6.26 Å². The van der Waals surface area contributed by atoms with Crippen molar-refractivity contribution in [1.82, 2.24) is 14.5 Å². The van der Waals surface area contributed by atoms with E-state index in [1.54, 1.807) is 6.92 Å². The second kappa shape index (κ2) is 6.26. The van der Waals surface area contributed by atoms with E-state index in [0.29, 0.717) is 0 Å². The number of aromatic nitrogens is 2. The molecule has 1 aromatic heterocycles. The van der Waals surface area contributed by atoms with E-state index in [4.69, 9.17) is 5.11 Å². The second-order valence-corrected chi connectivity index (χ2v) is 7.50. The van der Waals surface area contributed by atoms with E-state index < -0.39 is 33.3 Å². The van der Waals surface area contributed by atoms with Gasteiger partial charge in [0.15, 0.2) is 0 Å². The van der Waals surface area contributed by atoms with Crippen molar-refractivity contribution >= 4 is 26.8 Å². The van der Waals surface area contributed by atoms with Crippen LogP contribution in [0.2, 0.25) is 0 Å². The minimum absolute atomic E-state index is 0.0373. The third-order valence-corrected chi connectivity index (χ3v) is 5.02. The van der Waals surface area contributed by atoms with E-state index >= 15 is 0 Å². The van der Waals surface area contributed by atoms with Crippen molar-refractivity contribution < 1.29 is 22.5 Å². The molecule has 0 radical (unpaired) electrons. The highest BCUT2D eigenvalue weighted by Gasteiger charge is 2.18. The zero-order valence-electron chi connectivity index (χ0n) is 10.4. The van der Waals surface area contributed by atoms with Gasteiger partial charge in [0.1, 0.15) is 11.4 Å². The Morgan fingerprint density at radius 3 is 2.79 bits per heavy atom. The molecule has 2 N–H and O–H groups in total. The van der Waals surface area contributed by atoms with Crippen LogP contribution in [-0.4, -0.2) is 51.5 Å². The first kappa shape index (κ1) is 15.8. The summed E-state index contributed by atoms with van der Waals surface area (Å²) in [7, 11) is -4.89. The Hall–Kier alpha value is -1.26. The number of hydrogen-bond acceptors (Lipinski definition) is 5. The van der Waals surface area contributed by atoms with Crippen LogP contribution in [0.25, 0.3) is 0 Å². The van der Waals surface area contributed by atoms with Gasteiger partial charge in [-0.05, 0) is 6.92 Å². The molecule has 0 bridgehead atoms. The summed E-state index contributed by atoms with van der Waals surface area (Å²) < 4.78 is 38.1. The molecular weight excluding hydrogens is 294 g/mol. The number of carboxylic acids is 1. The van der Waals surface area contributed by atoms with Gasteiger partial charge < -0.3 is 5.11 Å². The molecule has 8 nitrogen and oxygen atoms in total. The van der Waals surface area contributed by atoms with Crippen LogP contribution >= 0.6 is 0 Å². The van der Waals surface area contributed by atoms with Crippen LogP contribution in [-0.2, 0) is 32.2 Å². The number of hydrogen-bond donors (Lipinski definition) is 2. The van der Waals surface area contributed by atoms with Crippen molar-refractivity contribution in [3.63, 3.8) is 0 Å². The van der Waals surface area contributed by atoms with Gasteiger partial charge in [-0.2, -0.15) is 5.10 Å². The molecule has 0 spiro atoms. The lowest BCUT2D eigenvalue weighted by Gasteiger charge is -2.09. The summed E-state index contributed by atoms with van der Waals surface area (Å²) in [5.41, 5.74) is 0. The molecule has 0 saturated carbocycles. The summed E-state index contributed by atoms with van der Waals surface area (Å²) in [4.78, 5) is 10.3. The average Bonchev–Trinajstić information content (AvgIpc) is 2.74. The average molecular weight is 309 g/mol. The lowest BCUT2D eigenvalue weighted by molar-refractivity contribution is -0.137. The molecule has 0 amide bonds. The Bertz CT molecular complexity index is 580. The van der Waals surface area contributed by atoms with E-state index in [9.17, 15) is 17.4 Å². The van der Waals surface area contributed by atoms with Crippen molar-refractivity contribution in [3.8, 4) is 0 Å². The maximum absolute atomic E-state index is 11.8. The molecule has 2 unspecified atom stereocenters. The predicted molar refractivity (Wildman–Crippen MR) is 68.6 cm³/mol. The summed E-state index contributed by atoms with van der Waals surface area (Å²) >= 11 is 0. The van der Waals surface area contributed by atoms with Gasteiger partial charge >= 0.3 is 5.97 Å². The Labute approximate surface area is 113 Å². The van der Waals surface area contributed by atoms with Gasteiger partial charge in [0.2, 0.25) is 10.0 Å². The molecule has 0 aliphatic heterocycles. The van der Waals surface area contributed by atoms with Crippen molar-refractivity contribution in [3.05, 3.63) is 12.4 Å². The first-order valence-corrected chi connectivity index (χ1v) is 8.39. The van der Waals surface area contributed by atoms with Gasteiger partial charge in [0, 0.05) is 35.0 Å². The minimum Gasteiger partial charge on any atom is -0.480 e. The Morgan fingerprint density at radius 1 is 1.63 bits per heavy atom. The molecule has 0 aliphatic carbocycles. The molecule has 0 saturated heterocycles.